The Morgan fingerprint density at radius 2 is 1.79 bits per heavy atom. The van der Waals surface area contributed by atoms with Crippen LogP contribution in [-0.4, -0.2) is 52.3 Å². The van der Waals surface area contributed by atoms with Crippen LogP contribution in [0.4, 0.5) is 0 Å². The van der Waals surface area contributed by atoms with Gasteiger partial charge in [-0.25, -0.2) is 4.98 Å². The highest BCUT2D eigenvalue weighted by atomic mass is 32.2. The molecule has 0 bridgehead atoms. The molecule has 2 aliphatic rings. The number of piperidine rings is 1. The van der Waals surface area contributed by atoms with E-state index in [9.17, 15) is 8.42 Å². The molecule has 0 N–H and O–H groups in total. The minimum Gasteiger partial charge on any atom is -0.338 e. The van der Waals surface area contributed by atoms with Gasteiger partial charge in [0.05, 0.1) is 0 Å². The van der Waals surface area contributed by atoms with Gasteiger partial charge in [0.25, 0.3) is 10.2 Å². The minimum absolute atomic E-state index is 0.115. The average molecular weight is 355 g/mol. The lowest BCUT2D eigenvalue weighted by Gasteiger charge is -2.37. The summed E-state index contributed by atoms with van der Waals surface area (Å²) in [4.78, 5) is 4.37. The SMILES string of the molecule is Cn1ccnc1CCC1CCCCN1S(=O)(=O)N1CCCCCC1. The maximum absolute atomic E-state index is 13.2. The number of hydrogen-bond acceptors (Lipinski definition) is 3. The van der Waals surface area contributed by atoms with Crippen molar-refractivity contribution in [2.24, 2.45) is 7.05 Å². The number of rotatable bonds is 5. The third kappa shape index (κ3) is 4.00. The highest BCUT2D eigenvalue weighted by Gasteiger charge is 2.36. The van der Waals surface area contributed by atoms with Gasteiger partial charge in [-0.3, -0.25) is 0 Å². The first-order chi connectivity index (χ1) is 11.6. The summed E-state index contributed by atoms with van der Waals surface area (Å²) in [6.07, 6.45) is 12.8. The van der Waals surface area contributed by atoms with Gasteiger partial charge in [-0.05, 0) is 32.1 Å². The van der Waals surface area contributed by atoms with Crippen LogP contribution in [0.5, 0.6) is 0 Å². The zero-order valence-corrected chi connectivity index (χ0v) is 15.5. The predicted octanol–water partition coefficient (Wildman–Crippen LogP) is 2.33. The summed E-state index contributed by atoms with van der Waals surface area (Å²) in [7, 11) is -1.32. The van der Waals surface area contributed by atoms with Gasteiger partial charge in [-0.2, -0.15) is 17.0 Å². The normalized spacial score (nSPS) is 24.8. The van der Waals surface area contributed by atoms with Crippen molar-refractivity contribution >= 4 is 10.2 Å². The van der Waals surface area contributed by atoms with E-state index in [1.165, 1.54) is 0 Å². The summed E-state index contributed by atoms with van der Waals surface area (Å²) in [5, 5.41) is 0. The molecule has 24 heavy (non-hydrogen) atoms. The molecule has 2 aliphatic heterocycles. The summed E-state index contributed by atoms with van der Waals surface area (Å²) in [6.45, 7) is 2.04. The van der Waals surface area contributed by atoms with E-state index >= 15 is 0 Å². The van der Waals surface area contributed by atoms with Crippen LogP contribution in [0.15, 0.2) is 12.4 Å². The van der Waals surface area contributed by atoms with Crippen LogP contribution in [-0.2, 0) is 23.7 Å². The lowest BCUT2D eigenvalue weighted by Crippen LogP contribution is -2.51. The Bertz CT molecular complexity index is 620. The first-order valence-electron chi connectivity index (χ1n) is 9.32. The molecule has 3 heterocycles. The number of nitrogens with zero attached hydrogens (tertiary/aromatic N) is 4. The van der Waals surface area contributed by atoms with Gasteiger partial charge >= 0.3 is 0 Å². The van der Waals surface area contributed by atoms with Crippen LogP contribution in [0.3, 0.4) is 0 Å². The van der Waals surface area contributed by atoms with E-state index < -0.39 is 10.2 Å². The first-order valence-corrected chi connectivity index (χ1v) is 10.7. The van der Waals surface area contributed by atoms with E-state index in [4.69, 9.17) is 0 Å². The Hall–Kier alpha value is -0.920. The van der Waals surface area contributed by atoms with Crippen LogP contribution in [0, 0.1) is 0 Å². The van der Waals surface area contributed by atoms with Gasteiger partial charge in [-0.1, -0.05) is 19.3 Å². The summed E-state index contributed by atoms with van der Waals surface area (Å²) in [5.41, 5.74) is 0. The Kier molecular flexibility index (Phi) is 5.94. The van der Waals surface area contributed by atoms with Gasteiger partial charge in [0.15, 0.2) is 0 Å². The van der Waals surface area contributed by atoms with E-state index in [2.05, 4.69) is 4.98 Å². The number of aromatic nitrogens is 2. The summed E-state index contributed by atoms with van der Waals surface area (Å²) < 4.78 is 31.9. The Morgan fingerprint density at radius 3 is 2.46 bits per heavy atom. The third-order valence-corrected chi connectivity index (χ3v) is 7.47. The molecule has 2 fully saturated rings. The van der Waals surface area contributed by atoms with Gasteiger partial charge in [0.1, 0.15) is 5.82 Å². The maximum atomic E-state index is 13.2. The molecule has 0 saturated carbocycles. The predicted molar refractivity (Wildman–Crippen MR) is 94.8 cm³/mol. The Labute approximate surface area is 146 Å². The molecule has 7 heteroatoms. The number of hydrogen-bond donors (Lipinski definition) is 0. The quantitative estimate of drug-likeness (QED) is 0.815. The third-order valence-electron chi connectivity index (χ3n) is 5.38. The molecule has 2 saturated heterocycles. The Balaban J connectivity index is 1.69. The smallest absolute Gasteiger partial charge is 0.282 e. The van der Waals surface area contributed by atoms with Crippen molar-refractivity contribution in [3.8, 4) is 0 Å². The van der Waals surface area contributed by atoms with Crippen molar-refractivity contribution in [1.29, 1.82) is 0 Å². The second-order valence-electron chi connectivity index (χ2n) is 7.07. The van der Waals surface area contributed by atoms with Crippen molar-refractivity contribution in [1.82, 2.24) is 18.2 Å². The highest BCUT2D eigenvalue weighted by Crippen LogP contribution is 2.27. The Morgan fingerprint density at radius 1 is 1.08 bits per heavy atom. The van der Waals surface area contributed by atoms with Crippen LogP contribution in [0.25, 0.3) is 0 Å². The standard InChI is InChI=1S/C17H30N4O2S/c1-19-15-11-18-17(19)10-9-16-8-4-7-14-21(16)24(22,23)20-12-5-2-3-6-13-20/h11,15-16H,2-10,12-14H2,1H3. The minimum atomic E-state index is -3.32. The zero-order chi connectivity index (χ0) is 17.0. The fourth-order valence-electron chi connectivity index (χ4n) is 3.92. The van der Waals surface area contributed by atoms with Crippen molar-refractivity contribution in [3.63, 3.8) is 0 Å². The maximum Gasteiger partial charge on any atom is 0.282 e. The summed E-state index contributed by atoms with van der Waals surface area (Å²) in [6, 6.07) is 0.115. The molecule has 136 valence electrons. The molecule has 1 unspecified atom stereocenters. The van der Waals surface area contributed by atoms with Crippen LogP contribution >= 0.6 is 0 Å². The topological polar surface area (TPSA) is 58.4 Å². The molecule has 1 atom stereocenters. The van der Waals surface area contributed by atoms with Crippen molar-refractivity contribution in [2.75, 3.05) is 19.6 Å². The molecule has 0 amide bonds. The molecular formula is C17H30N4O2S. The van der Waals surface area contributed by atoms with Gasteiger partial charge in [-0.15, -0.1) is 0 Å². The molecular weight excluding hydrogens is 324 g/mol. The molecule has 0 aromatic carbocycles. The van der Waals surface area contributed by atoms with Gasteiger partial charge < -0.3 is 4.57 Å². The van der Waals surface area contributed by atoms with Crippen molar-refractivity contribution in [3.05, 3.63) is 18.2 Å². The zero-order valence-electron chi connectivity index (χ0n) is 14.7. The van der Waals surface area contributed by atoms with Crippen molar-refractivity contribution in [2.45, 2.75) is 63.8 Å². The fourth-order valence-corrected chi connectivity index (χ4v) is 5.88. The van der Waals surface area contributed by atoms with Crippen LogP contribution in [0.2, 0.25) is 0 Å². The summed E-state index contributed by atoms with van der Waals surface area (Å²) in [5.74, 6) is 1.03. The first kappa shape index (κ1) is 17.9. The average Bonchev–Trinajstić information content (AvgIpc) is 2.82. The van der Waals surface area contributed by atoms with E-state index in [-0.39, 0.29) is 6.04 Å². The lowest BCUT2D eigenvalue weighted by atomic mass is 10.0. The van der Waals surface area contributed by atoms with Crippen LogP contribution in [0.1, 0.15) is 57.2 Å². The molecule has 6 nitrogen and oxygen atoms in total. The fraction of sp³-hybridized carbons (Fsp3) is 0.824. The van der Waals surface area contributed by atoms with Gasteiger partial charge in [0, 0.05) is 51.5 Å². The molecule has 1 aromatic heterocycles. The second-order valence-corrected chi connectivity index (χ2v) is 8.96. The molecule has 0 radical (unpaired) electrons. The van der Waals surface area contributed by atoms with E-state index in [0.29, 0.717) is 19.6 Å². The van der Waals surface area contributed by atoms with E-state index in [1.807, 2.05) is 24.0 Å². The molecule has 0 aliphatic carbocycles. The van der Waals surface area contributed by atoms with Crippen LogP contribution < -0.4 is 0 Å². The molecule has 3 rings (SSSR count). The van der Waals surface area contributed by atoms with E-state index in [0.717, 1.165) is 63.6 Å². The molecule has 0 spiro atoms. The number of imidazole rings is 1. The monoisotopic (exact) mass is 354 g/mol. The summed E-state index contributed by atoms with van der Waals surface area (Å²) >= 11 is 0. The van der Waals surface area contributed by atoms with E-state index in [1.54, 1.807) is 8.61 Å². The largest absolute Gasteiger partial charge is 0.338 e. The lowest BCUT2D eigenvalue weighted by molar-refractivity contribution is 0.221. The van der Waals surface area contributed by atoms with Gasteiger partial charge in [0.2, 0.25) is 0 Å². The molecule has 1 aromatic rings. The highest BCUT2D eigenvalue weighted by molar-refractivity contribution is 7.86. The van der Waals surface area contributed by atoms with Crippen molar-refractivity contribution < 1.29 is 8.42 Å². The number of aryl methyl sites for hydroxylation is 2. The second kappa shape index (κ2) is 7.97.